The number of rotatable bonds is 6. The van der Waals surface area contributed by atoms with E-state index in [4.69, 9.17) is 9.47 Å². The fraction of sp³-hybridized carbons (Fsp3) is 0.533. The Morgan fingerprint density at radius 1 is 0.579 bits per heavy atom. The molecule has 0 bridgehead atoms. The summed E-state index contributed by atoms with van der Waals surface area (Å²) in [7, 11) is 0. The Hall–Kier alpha value is -2.78. The summed E-state index contributed by atoms with van der Waals surface area (Å²) >= 11 is 0. The molecule has 2 aromatic rings. The molecule has 1 heterocycles. The third-order valence-electron chi connectivity index (χ3n) is 6.72. The van der Waals surface area contributed by atoms with Crippen LogP contribution in [0.5, 0.6) is 0 Å². The van der Waals surface area contributed by atoms with Gasteiger partial charge in [0.15, 0.2) is 11.2 Å². The van der Waals surface area contributed by atoms with E-state index in [9.17, 15) is 9.59 Å². The Morgan fingerprint density at radius 3 is 1.26 bits per heavy atom. The van der Waals surface area contributed by atoms with E-state index in [0.29, 0.717) is 26.3 Å². The van der Waals surface area contributed by atoms with Crippen LogP contribution in [0.15, 0.2) is 60.7 Å². The van der Waals surface area contributed by atoms with Crippen molar-refractivity contribution >= 4 is 11.8 Å². The van der Waals surface area contributed by atoms with E-state index in [0.717, 1.165) is 11.1 Å². The quantitative estimate of drug-likeness (QED) is 0.464. The van der Waals surface area contributed by atoms with Crippen LogP contribution in [0, 0.1) is 0 Å². The highest BCUT2D eigenvalue weighted by molar-refractivity contribution is 5.86. The third kappa shape index (κ3) is 8.63. The molecule has 38 heavy (non-hydrogen) atoms. The highest BCUT2D eigenvalue weighted by atomic mass is 16.5. The number of carbonyl (C=O) groups excluding carboxylic acids is 2. The van der Waals surface area contributed by atoms with Crippen LogP contribution in [0.3, 0.4) is 0 Å². The molecule has 2 atom stereocenters. The second kappa shape index (κ2) is 12.4. The summed E-state index contributed by atoms with van der Waals surface area (Å²) in [6.45, 7) is 13.4. The standard InChI is InChI=1S/C30H44N4O4/c1-27(2)19-31-21-30(6,38-18-24-15-11-8-12-16-24)26(36)34-28(3,4)20-32-22-29(5,25(35)33-27)37-17-23-13-9-7-10-14-23/h7-16,31-32H,17-22H2,1-6H3,(H,33,35)(H,34,36)/t29-,30+. The zero-order chi connectivity index (χ0) is 27.9. The lowest BCUT2D eigenvalue weighted by Gasteiger charge is -2.39. The number of amides is 2. The van der Waals surface area contributed by atoms with E-state index < -0.39 is 22.3 Å². The van der Waals surface area contributed by atoms with Crippen molar-refractivity contribution in [2.24, 2.45) is 0 Å². The van der Waals surface area contributed by atoms with E-state index in [1.165, 1.54) is 0 Å². The fourth-order valence-corrected chi connectivity index (χ4v) is 4.22. The van der Waals surface area contributed by atoms with Crippen LogP contribution >= 0.6 is 0 Å². The van der Waals surface area contributed by atoms with E-state index in [2.05, 4.69) is 21.3 Å². The Labute approximate surface area is 227 Å². The lowest BCUT2D eigenvalue weighted by molar-refractivity contribution is -0.150. The van der Waals surface area contributed by atoms with Crippen molar-refractivity contribution in [3.63, 3.8) is 0 Å². The molecule has 1 aliphatic rings. The molecule has 0 spiro atoms. The molecule has 8 heteroatoms. The van der Waals surface area contributed by atoms with Crippen molar-refractivity contribution in [2.45, 2.75) is 77.0 Å². The zero-order valence-corrected chi connectivity index (χ0v) is 23.6. The molecule has 0 unspecified atom stereocenters. The van der Waals surface area contributed by atoms with Crippen LogP contribution in [0.25, 0.3) is 0 Å². The van der Waals surface area contributed by atoms with E-state index in [1.54, 1.807) is 13.8 Å². The van der Waals surface area contributed by atoms with Gasteiger partial charge in [-0.25, -0.2) is 0 Å². The summed E-state index contributed by atoms with van der Waals surface area (Å²) in [4.78, 5) is 27.1. The highest BCUT2D eigenvalue weighted by Gasteiger charge is 2.41. The minimum absolute atomic E-state index is 0.199. The van der Waals surface area contributed by atoms with Gasteiger partial charge in [-0.05, 0) is 52.7 Å². The van der Waals surface area contributed by atoms with E-state index in [1.807, 2.05) is 88.4 Å². The molecule has 1 aliphatic heterocycles. The van der Waals surface area contributed by atoms with Crippen molar-refractivity contribution < 1.29 is 19.1 Å². The first-order valence-electron chi connectivity index (χ1n) is 13.3. The first kappa shape index (κ1) is 29.8. The molecule has 8 nitrogen and oxygen atoms in total. The molecular formula is C30H44N4O4. The molecule has 0 aliphatic carbocycles. The molecule has 4 N–H and O–H groups in total. The number of nitrogens with one attached hydrogen (secondary N) is 4. The first-order chi connectivity index (χ1) is 17.8. The van der Waals surface area contributed by atoms with Gasteiger partial charge in [-0.3, -0.25) is 9.59 Å². The summed E-state index contributed by atoms with van der Waals surface area (Å²) in [5.74, 6) is -0.399. The Balaban J connectivity index is 1.77. The lowest BCUT2D eigenvalue weighted by atomic mass is 9.96. The summed E-state index contributed by atoms with van der Waals surface area (Å²) in [5, 5.41) is 13.0. The molecular weight excluding hydrogens is 480 g/mol. The maximum Gasteiger partial charge on any atom is 0.253 e. The largest absolute Gasteiger partial charge is 0.359 e. The molecule has 3 rings (SSSR count). The number of hydrogen-bond acceptors (Lipinski definition) is 6. The number of carbonyl (C=O) groups is 2. The van der Waals surface area contributed by atoms with Crippen LogP contribution in [0.2, 0.25) is 0 Å². The normalized spacial score (nSPS) is 26.6. The average Bonchev–Trinajstić information content (AvgIpc) is 2.86. The predicted molar refractivity (Wildman–Crippen MR) is 149 cm³/mol. The van der Waals surface area contributed by atoms with Crippen LogP contribution in [-0.4, -0.2) is 60.3 Å². The van der Waals surface area contributed by atoms with Crippen LogP contribution in [0.4, 0.5) is 0 Å². The maximum atomic E-state index is 13.5. The van der Waals surface area contributed by atoms with Gasteiger partial charge in [-0.15, -0.1) is 0 Å². The molecule has 2 aromatic carbocycles. The predicted octanol–water partition coefficient (Wildman–Crippen LogP) is 2.92. The number of hydrogen-bond donors (Lipinski definition) is 4. The van der Waals surface area contributed by atoms with Crippen molar-refractivity contribution in [3.8, 4) is 0 Å². The lowest BCUT2D eigenvalue weighted by Crippen LogP contribution is -2.64. The van der Waals surface area contributed by atoms with Gasteiger partial charge < -0.3 is 30.7 Å². The molecule has 2 amide bonds. The topological polar surface area (TPSA) is 101 Å². The molecule has 0 saturated carbocycles. The van der Waals surface area contributed by atoms with Gasteiger partial charge in [0.2, 0.25) is 0 Å². The van der Waals surface area contributed by atoms with Gasteiger partial charge in [-0.1, -0.05) is 60.7 Å². The van der Waals surface area contributed by atoms with Gasteiger partial charge in [0.1, 0.15) is 0 Å². The van der Waals surface area contributed by atoms with Crippen LogP contribution < -0.4 is 21.3 Å². The minimum atomic E-state index is -1.12. The summed E-state index contributed by atoms with van der Waals surface area (Å²) in [6, 6.07) is 19.6. The molecule has 1 fully saturated rings. The minimum Gasteiger partial charge on any atom is -0.359 e. The Bertz CT molecular complexity index is 975. The van der Waals surface area contributed by atoms with Crippen molar-refractivity contribution in [1.29, 1.82) is 0 Å². The van der Waals surface area contributed by atoms with Gasteiger partial charge in [0, 0.05) is 37.3 Å². The van der Waals surface area contributed by atoms with Crippen molar-refractivity contribution in [3.05, 3.63) is 71.8 Å². The van der Waals surface area contributed by atoms with Crippen molar-refractivity contribution in [1.82, 2.24) is 21.3 Å². The SMILES string of the molecule is CC1(C)CNC[C@](C)(OCc2ccccc2)C(=O)NC(C)(C)CNC[C@@](C)(OCc2ccccc2)C(=O)N1. The van der Waals surface area contributed by atoms with Gasteiger partial charge in [0.05, 0.1) is 13.2 Å². The first-order valence-corrected chi connectivity index (χ1v) is 13.3. The number of benzene rings is 2. The third-order valence-corrected chi connectivity index (χ3v) is 6.72. The fourth-order valence-electron chi connectivity index (χ4n) is 4.22. The Morgan fingerprint density at radius 2 is 0.921 bits per heavy atom. The molecule has 0 radical (unpaired) electrons. The van der Waals surface area contributed by atoms with E-state index >= 15 is 0 Å². The summed E-state index contributed by atoms with van der Waals surface area (Å²) in [6.07, 6.45) is 0. The second-order valence-electron chi connectivity index (χ2n) is 11.9. The average molecular weight is 525 g/mol. The number of ether oxygens (including phenoxy) is 2. The van der Waals surface area contributed by atoms with Crippen molar-refractivity contribution in [2.75, 3.05) is 26.2 Å². The van der Waals surface area contributed by atoms with E-state index in [-0.39, 0.29) is 24.9 Å². The van der Waals surface area contributed by atoms with Crippen LogP contribution in [0.1, 0.15) is 52.7 Å². The summed E-state index contributed by atoms with van der Waals surface area (Å²) < 4.78 is 12.4. The molecule has 1 saturated heterocycles. The highest BCUT2D eigenvalue weighted by Crippen LogP contribution is 2.19. The zero-order valence-electron chi connectivity index (χ0n) is 23.6. The Kier molecular flexibility index (Phi) is 9.70. The van der Waals surface area contributed by atoms with Gasteiger partial charge in [0.25, 0.3) is 11.8 Å². The van der Waals surface area contributed by atoms with Gasteiger partial charge >= 0.3 is 0 Å². The van der Waals surface area contributed by atoms with Gasteiger partial charge in [-0.2, -0.15) is 0 Å². The molecule has 0 aromatic heterocycles. The smallest absolute Gasteiger partial charge is 0.253 e. The summed E-state index contributed by atoms with van der Waals surface area (Å²) in [5.41, 5.74) is -1.47. The monoisotopic (exact) mass is 524 g/mol. The maximum absolute atomic E-state index is 13.5. The second-order valence-corrected chi connectivity index (χ2v) is 11.9. The molecule has 208 valence electrons. The van der Waals surface area contributed by atoms with Crippen LogP contribution in [-0.2, 0) is 32.3 Å².